The molecule has 5 nitrogen and oxygen atoms in total. The van der Waals surface area contributed by atoms with Crippen molar-refractivity contribution in [1.29, 1.82) is 5.26 Å². The molecule has 2 aromatic rings. The lowest BCUT2D eigenvalue weighted by Crippen LogP contribution is -2.07. The number of hydrogen-bond donors (Lipinski definition) is 0. The summed E-state index contributed by atoms with van der Waals surface area (Å²) < 4.78 is 15.9. The van der Waals surface area contributed by atoms with Crippen LogP contribution in [0.25, 0.3) is 0 Å². The third-order valence-corrected chi connectivity index (χ3v) is 3.20. The molecule has 0 aliphatic rings. The number of rotatable bonds is 6. The quantitative estimate of drug-likeness (QED) is 0.765. The van der Waals surface area contributed by atoms with Crippen molar-refractivity contribution in [3.05, 3.63) is 59.2 Å². The number of benzene rings is 2. The molecule has 0 aromatic heterocycles. The molecule has 0 heterocycles. The molecule has 0 aliphatic carbocycles. The lowest BCUT2D eigenvalue weighted by Gasteiger charge is -2.11. The van der Waals surface area contributed by atoms with Crippen LogP contribution in [0, 0.1) is 11.3 Å². The van der Waals surface area contributed by atoms with Gasteiger partial charge in [0.25, 0.3) is 0 Å². The topological polar surface area (TPSA) is 68.5 Å². The predicted octanol–water partition coefficient (Wildman–Crippen LogP) is 3.32. The molecule has 0 saturated heterocycles. The summed E-state index contributed by atoms with van der Waals surface area (Å²) >= 11 is 0. The van der Waals surface area contributed by atoms with Crippen LogP contribution in [-0.4, -0.2) is 19.7 Å². The highest BCUT2D eigenvalue weighted by molar-refractivity contribution is 5.90. The minimum atomic E-state index is -0.485. The lowest BCUT2D eigenvalue weighted by molar-refractivity contribution is 0.0472. The van der Waals surface area contributed by atoms with Crippen LogP contribution in [0.1, 0.15) is 28.4 Å². The molecule has 2 aromatic carbocycles. The Kier molecular flexibility index (Phi) is 5.59. The van der Waals surface area contributed by atoms with E-state index in [9.17, 15) is 4.79 Å². The number of ether oxygens (including phenoxy) is 3. The highest BCUT2D eigenvalue weighted by Crippen LogP contribution is 2.28. The van der Waals surface area contributed by atoms with Gasteiger partial charge in [-0.05, 0) is 31.2 Å². The average Bonchev–Trinajstić information content (AvgIpc) is 2.60. The van der Waals surface area contributed by atoms with Gasteiger partial charge in [0, 0.05) is 5.56 Å². The summed E-state index contributed by atoms with van der Waals surface area (Å²) in [6.45, 7) is 2.35. The van der Waals surface area contributed by atoms with Crippen LogP contribution in [0.4, 0.5) is 0 Å². The molecule has 118 valence electrons. The van der Waals surface area contributed by atoms with E-state index < -0.39 is 5.97 Å². The molecule has 0 atom stereocenters. The van der Waals surface area contributed by atoms with Gasteiger partial charge in [-0.2, -0.15) is 5.26 Å². The van der Waals surface area contributed by atoms with Gasteiger partial charge >= 0.3 is 5.97 Å². The minimum Gasteiger partial charge on any atom is -0.493 e. The highest BCUT2D eigenvalue weighted by Gasteiger charge is 2.13. The maximum atomic E-state index is 12.2. The standard InChI is InChI=1S/C18H17NO4/c1-3-22-17-10-13(8-9-16(17)21-2)18(20)23-12-15-7-5-4-6-14(15)11-19/h4-10H,3,12H2,1-2H3. The Morgan fingerprint density at radius 1 is 1.17 bits per heavy atom. The number of nitriles is 1. The maximum absolute atomic E-state index is 12.2. The van der Waals surface area contributed by atoms with Gasteiger partial charge in [-0.25, -0.2) is 4.79 Å². The SMILES string of the molecule is CCOc1cc(C(=O)OCc2ccccc2C#N)ccc1OC. The molecule has 5 heteroatoms. The van der Waals surface area contributed by atoms with Crippen molar-refractivity contribution in [2.45, 2.75) is 13.5 Å². The molecule has 0 N–H and O–H groups in total. The fourth-order valence-electron chi connectivity index (χ4n) is 2.05. The van der Waals surface area contributed by atoms with Gasteiger partial charge in [-0.15, -0.1) is 0 Å². The van der Waals surface area contributed by atoms with E-state index in [4.69, 9.17) is 19.5 Å². The van der Waals surface area contributed by atoms with Crippen molar-refractivity contribution in [3.8, 4) is 17.6 Å². The summed E-state index contributed by atoms with van der Waals surface area (Å²) in [5.41, 5.74) is 1.52. The lowest BCUT2D eigenvalue weighted by atomic mass is 10.1. The second-order valence-corrected chi connectivity index (χ2v) is 4.64. The van der Waals surface area contributed by atoms with E-state index >= 15 is 0 Å². The van der Waals surface area contributed by atoms with Gasteiger partial charge in [-0.3, -0.25) is 0 Å². The van der Waals surface area contributed by atoms with Crippen LogP contribution in [-0.2, 0) is 11.3 Å². The summed E-state index contributed by atoms with van der Waals surface area (Å²) in [6, 6.07) is 13.9. The molecule has 0 saturated carbocycles. The zero-order chi connectivity index (χ0) is 16.7. The van der Waals surface area contributed by atoms with Gasteiger partial charge in [0.1, 0.15) is 6.61 Å². The Balaban J connectivity index is 2.12. The van der Waals surface area contributed by atoms with Crippen LogP contribution >= 0.6 is 0 Å². The van der Waals surface area contributed by atoms with Gasteiger partial charge in [0.15, 0.2) is 11.5 Å². The molecular formula is C18H17NO4. The maximum Gasteiger partial charge on any atom is 0.338 e. The number of esters is 1. The van der Waals surface area contributed by atoms with Crippen LogP contribution in [0.2, 0.25) is 0 Å². The van der Waals surface area contributed by atoms with Gasteiger partial charge in [0.05, 0.1) is 30.9 Å². The van der Waals surface area contributed by atoms with E-state index in [1.807, 2.05) is 6.92 Å². The third kappa shape index (κ3) is 4.01. The Morgan fingerprint density at radius 2 is 1.96 bits per heavy atom. The number of nitrogens with zero attached hydrogens (tertiary/aromatic N) is 1. The van der Waals surface area contributed by atoms with Gasteiger partial charge < -0.3 is 14.2 Å². The summed E-state index contributed by atoms with van der Waals surface area (Å²) in [5, 5.41) is 9.03. The average molecular weight is 311 g/mol. The van der Waals surface area contributed by atoms with Crippen LogP contribution < -0.4 is 9.47 Å². The monoisotopic (exact) mass is 311 g/mol. The van der Waals surface area contributed by atoms with E-state index in [-0.39, 0.29) is 6.61 Å². The van der Waals surface area contributed by atoms with Gasteiger partial charge in [-0.1, -0.05) is 18.2 Å². The molecule has 0 radical (unpaired) electrons. The Hall–Kier alpha value is -3.00. The fourth-order valence-corrected chi connectivity index (χ4v) is 2.05. The van der Waals surface area contributed by atoms with Crippen LogP contribution in [0.5, 0.6) is 11.5 Å². The van der Waals surface area contributed by atoms with Crippen LogP contribution in [0.3, 0.4) is 0 Å². The fraction of sp³-hybridized carbons (Fsp3) is 0.222. The van der Waals surface area contributed by atoms with Crippen molar-refractivity contribution < 1.29 is 19.0 Å². The zero-order valence-electron chi connectivity index (χ0n) is 13.0. The van der Waals surface area contributed by atoms with E-state index in [0.29, 0.717) is 34.8 Å². The first-order chi connectivity index (χ1) is 11.2. The normalized spacial score (nSPS) is 9.78. The molecule has 0 aliphatic heterocycles. The van der Waals surface area contributed by atoms with E-state index in [1.165, 1.54) is 7.11 Å². The van der Waals surface area contributed by atoms with E-state index in [0.717, 1.165) is 0 Å². The highest BCUT2D eigenvalue weighted by atomic mass is 16.5. The van der Waals surface area contributed by atoms with Crippen molar-refractivity contribution >= 4 is 5.97 Å². The Bertz CT molecular complexity index is 734. The van der Waals surface area contributed by atoms with Crippen LogP contribution in [0.15, 0.2) is 42.5 Å². The smallest absolute Gasteiger partial charge is 0.338 e. The van der Waals surface area contributed by atoms with E-state index in [1.54, 1.807) is 42.5 Å². The second kappa shape index (κ2) is 7.85. The van der Waals surface area contributed by atoms with Crippen molar-refractivity contribution in [3.63, 3.8) is 0 Å². The molecule has 23 heavy (non-hydrogen) atoms. The Labute approximate surface area is 135 Å². The number of carbonyl (C=O) groups excluding carboxylic acids is 1. The molecule has 0 fully saturated rings. The van der Waals surface area contributed by atoms with Gasteiger partial charge in [0.2, 0.25) is 0 Å². The largest absolute Gasteiger partial charge is 0.493 e. The number of hydrogen-bond acceptors (Lipinski definition) is 5. The molecule has 0 unspecified atom stereocenters. The first-order valence-corrected chi connectivity index (χ1v) is 7.15. The molecule has 0 amide bonds. The van der Waals surface area contributed by atoms with E-state index in [2.05, 4.69) is 6.07 Å². The summed E-state index contributed by atoms with van der Waals surface area (Å²) in [7, 11) is 1.54. The minimum absolute atomic E-state index is 0.0402. The molecule has 0 spiro atoms. The first-order valence-electron chi connectivity index (χ1n) is 7.15. The van der Waals surface area contributed by atoms with Crippen molar-refractivity contribution in [2.75, 3.05) is 13.7 Å². The number of carbonyl (C=O) groups is 1. The Morgan fingerprint density at radius 3 is 2.65 bits per heavy atom. The summed E-state index contributed by atoms with van der Waals surface area (Å²) in [5.74, 6) is 0.557. The summed E-state index contributed by atoms with van der Waals surface area (Å²) in [6.07, 6.45) is 0. The second-order valence-electron chi connectivity index (χ2n) is 4.64. The molecule has 2 rings (SSSR count). The molecular weight excluding hydrogens is 294 g/mol. The van der Waals surface area contributed by atoms with Crippen molar-refractivity contribution in [1.82, 2.24) is 0 Å². The third-order valence-electron chi connectivity index (χ3n) is 3.20. The first kappa shape index (κ1) is 16.4. The van der Waals surface area contributed by atoms with Crippen molar-refractivity contribution in [2.24, 2.45) is 0 Å². The number of methoxy groups -OCH3 is 1. The summed E-state index contributed by atoms with van der Waals surface area (Å²) in [4.78, 5) is 12.2. The molecule has 0 bridgehead atoms. The zero-order valence-corrected chi connectivity index (χ0v) is 13.0. The predicted molar refractivity (Wildman–Crippen MR) is 84.4 cm³/mol.